The molecule has 1 aliphatic carbocycles. The van der Waals surface area contributed by atoms with Gasteiger partial charge in [0.15, 0.2) is 6.29 Å². The lowest BCUT2D eigenvalue weighted by atomic mass is 9.84. The van der Waals surface area contributed by atoms with Crippen LogP contribution in [-0.2, 0) is 0 Å². The maximum absolute atomic E-state index is 13.6. The highest BCUT2D eigenvalue weighted by Crippen LogP contribution is 2.32. The van der Waals surface area contributed by atoms with Gasteiger partial charge >= 0.3 is 0 Å². The summed E-state index contributed by atoms with van der Waals surface area (Å²) in [5, 5.41) is 0. The molecular weight excluding hydrogens is 229 g/mol. The molecule has 3 heteroatoms. The summed E-state index contributed by atoms with van der Waals surface area (Å²) in [6.45, 7) is 2.24. The molecule has 2 unspecified atom stereocenters. The van der Waals surface area contributed by atoms with E-state index in [-0.39, 0.29) is 5.56 Å². The smallest absolute Gasteiger partial charge is 0.155 e. The standard InChI is InChI=1S/C15H20FNO/c1-11-6-3-4-8-14(11)17(2)15-9-5-7-13(16)12(15)10-18/h5,7,9-11,14H,3-4,6,8H2,1-2H3. The predicted octanol–water partition coefficient (Wildman–Crippen LogP) is 3.65. The predicted molar refractivity (Wildman–Crippen MR) is 71.6 cm³/mol. The zero-order valence-corrected chi connectivity index (χ0v) is 11.0. The highest BCUT2D eigenvalue weighted by atomic mass is 19.1. The maximum atomic E-state index is 13.6. The first-order valence-electron chi connectivity index (χ1n) is 6.61. The molecule has 0 spiro atoms. The molecule has 1 aromatic carbocycles. The van der Waals surface area contributed by atoms with Crippen molar-refractivity contribution in [2.75, 3.05) is 11.9 Å². The molecule has 2 atom stereocenters. The van der Waals surface area contributed by atoms with Crippen LogP contribution in [0, 0.1) is 11.7 Å². The van der Waals surface area contributed by atoms with E-state index in [0.717, 1.165) is 6.42 Å². The van der Waals surface area contributed by atoms with Crippen LogP contribution in [0.5, 0.6) is 0 Å². The Hall–Kier alpha value is -1.38. The van der Waals surface area contributed by atoms with Crippen molar-refractivity contribution in [3.63, 3.8) is 0 Å². The van der Waals surface area contributed by atoms with E-state index in [9.17, 15) is 9.18 Å². The molecule has 0 saturated heterocycles. The zero-order chi connectivity index (χ0) is 13.1. The number of carbonyl (C=O) groups is 1. The van der Waals surface area contributed by atoms with Crippen molar-refractivity contribution in [3.05, 3.63) is 29.6 Å². The number of hydrogen-bond donors (Lipinski definition) is 0. The van der Waals surface area contributed by atoms with Crippen molar-refractivity contribution < 1.29 is 9.18 Å². The quantitative estimate of drug-likeness (QED) is 0.762. The second-order valence-corrected chi connectivity index (χ2v) is 5.23. The van der Waals surface area contributed by atoms with Crippen molar-refractivity contribution in [2.24, 2.45) is 5.92 Å². The topological polar surface area (TPSA) is 20.3 Å². The monoisotopic (exact) mass is 249 g/mol. The van der Waals surface area contributed by atoms with Crippen molar-refractivity contribution in [1.82, 2.24) is 0 Å². The van der Waals surface area contributed by atoms with Gasteiger partial charge in [-0.3, -0.25) is 4.79 Å². The van der Waals surface area contributed by atoms with Gasteiger partial charge in [-0.25, -0.2) is 4.39 Å². The highest BCUT2D eigenvalue weighted by Gasteiger charge is 2.26. The molecule has 1 saturated carbocycles. The molecule has 1 aromatic rings. The molecule has 2 nitrogen and oxygen atoms in total. The Bertz CT molecular complexity index is 433. The van der Waals surface area contributed by atoms with E-state index < -0.39 is 5.82 Å². The summed E-state index contributed by atoms with van der Waals surface area (Å²) >= 11 is 0. The number of aldehydes is 1. The van der Waals surface area contributed by atoms with Crippen LogP contribution in [0.2, 0.25) is 0 Å². The largest absolute Gasteiger partial charge is 0.371 e. The van der Waals surface area contributed by atoms with E-state index in [0.29, 0.717) is 23.9 Å². The van der Waals surface area contributed by atoms with Crippen LogP contribution >= 0.6 is 0 Å². The lowest BCUT2D eigenvalue weighted by Gasteiger charge is -2.38. The van der Waals surface area contributed by atoms with Crippen LogP contribution in [0.3, 0.4) is 0 Å². The number of hydrogen-bond acceptors (Lipinski definition) is 2. The average Bonchev–Trinajstić information content (AvgIpc) is 2.38. The Morgan fingerprint density at radius 3 is 2.72 bits per heavy atom. The van der Waals surface area contributed by atoms with E-state index in [1.165, 1.54) is 25.3 Å². The third-order valence-electron chi connectivity index (χ3n) is 4.09. The van der Waals surface area contributed by atoms with Gasteiger partial charge in [-0.05, 0) is 30.9 Å². The number of rotatable bonds is 3. The summed E-state index contributed by atoms with van der Waals surface area (Å²) < 4.78 is 13.6. The van der Waals surface area contributed by atoms with Crippen LogP contribution in [-0.4, -0.2) is 19.4 Å². The minimum atomic E-state index is -0.433. The second-order valence-electron chi connectivity index (χ2n) is 5.23. The van der Waals surface area contributed by atoms with Crippen LogP contribution in [0.4, 0.5) is 10.1 Å². The minimum Gasteiger partial charge on any atom is -0.371 e. The SMILES string of the molecule is CC1CCCCC1N(C)c1cccc(F)c1C=O. The number of carbonyl (C=O) groups excluding carboxylic acids is 1. The Balaban J connectivity index is 2.30. The molecule has 0 amide bonds. The van der Waals surface area contributed by atoms with Gasteiger partial charge < -0.3 is 4.90 Å². The van der Waals surface area contributed by atoms with Crippen molar-refractivity contribution >= 4 is 12.0 Å². The van der Waals surface area contributed by atoms with Crippen LogP contribution in [0.15, 0.2) is 18.2 Å². The molecule has 1 aliphatic rings. The fourth-order valence-electron chi connectivity index (χ4n) is 3.00. The van der Waals surface area contributed by atoms with Gasteiger partial charge in [-0.2, -0.15) is 0 Å². The lowest BCUT2D eigenvalue weighted by molar-refractivity contribution is 0.112. The van der Waals surface area contributed by atoms with Crippen molar-refractivity contribution in [2.45, 2.75) is 38.6 Å². The summed E-state index contributed by atoms with van der Waals surface area (Å²) in [7, 11) is 1.97. The first-order valence-corrected chi connectivity index (χ1v) is 6.61. The number of anilines is 1. The van der Waals surface area contributed by atoms with Crippen LogP contribution in [0.1, 0.15) is 43.0 Å². The fraction of sp³-hybridized carbons (Fsp3) is 0.533. The summed E-state index contributed by atoms with van der Waals surface area (Å²) in [6.07, 6.45) is 5.43. The molecular formula is C15H20FNO. The first kappa shape index (κ1) is 13.1. The Morgan fingerprint density at radius 2 is 2.06 bits per heavy atom. The van der Waals surface area contributed by atoms with E-state index in [4.69, 9.17) is 0 Å². The molecule has 0 aromatic heterocycles. The highest BCUT2D eigenvalue weighted by molar-refractivity contribution is 5.85. The van der Waals surface area contributed by atoms with Crippen LogP contribution < -0.4 is 4.90 Å². The first-order chi connectivity index (χ1) is 8.65. The van der Waals surface area contributed by atoms with E-state index >= 15 is 0 Å². The summed E-state index contributed by atoms with van der Waals surface area (Å²) in [5.74, 6) is 0.157. The fourth-order valence-corrected chi connectivity index (χ4v) is 3.00. The molecule has 0 N–H and O–H groups in total. The molecule has 0 heterocycles. The molecule has 2 rings (SSSR count). The van der Waals surface area contributed by atoms with Gasteiger partial charge in [0.2, 0.25) is 0 Å². The Labute approximate surface area is 108 Å². The molecule has 0 radical (unpaired) electrons. The number of halogens is 1. The maximum Gasteiger partial charge on any atom is 0.155 e. The molecule has 98 valence electrons. The van der Waals surface area contributed by atoms with Gasteiger partial charge in [-0.1, -0.05) is 25.8 Å². The molecule has 18 heavy (non-hydrogen) atoms. The third-order valence-corrected chi connectivity index (χ3v) is 4.09. The Kier molecular flexibility index (Phi) is 4.00. The molecule has 1 fully saturated rings. The number of nitrogens with zero attached hydrogens (tertiary/aromatic N) is 1. The van der Waals surface area contributed by atoms with Gasteiger partial charge in [0.25, 0.3) is 0 Å². The van der Waals surface area contributed by atoms with Gasteiger partial charge in [-0.15, -0.1) is 0 Å². The average molecular weight is 249 g/mol. The van der Waals surface area contributed by atoms with Crippen molar-refractivity contribution in [3.8, 4) is 0 Å². The normalized spacial score (nSPS) is 23.7. The van der Waals surface area contributed by atoms with Gasteiger partial charge in [0.05, 0.1) is 11.3 Å². The second kappa shape index (κ2) is 5.51. The third kappa shape index (κ3) is 2.40. The Morgan fingerprint density at radius 1 is 1.33 bits per heavy atom. The van der Waals surface area contributed by atoms with Crippen LogP contribution in [0.25, 0.3) is 0 Å². The zero-order valence-electron chi connectivity index (χ0n) is 11.0. The summed E-state index contributed by atoms with van der Waals surface area (Å²) in [6, 6.07) is 5.24. The molecule has 0 bridgehead atoms. The van der Waals surface area contributed by atoms with Gasteiger partial charge in [0.1, 0.15) is 5.82 Å². The van der Waals surface area contributed by atoms with Crippen molar-refractivity contribution in [1.29, 1.82) is 0 Å². The lowest BCUT2D eigenvalue weighted by Crippen LogP contribution is -2.39. The summed E-state index contributed by atoms with van der Waals surface area (Å²) in [5.41, 5.74) is 0.890. The minimum absolute atomic E-state index is 0.178. The van der Waals surface area contributed by atoms with E-state index in [1.807, 2.05) is 13.1 Å². The van der Waals surface area contributed by atoms with E-state index in [1.54, 1.807) is 6.07 Å². The number of benzene rings is 1. The summed E-state index contributed by atoms with van der Waals surface area (Å²) in [4.78, 5) is 13.1. The molecule has 0 aliphatic heterocycles. The van der Waals surface area contributed by atoms with Gasteiger partial charge in [0, 0.05) is 13.1 Å². The van der Waals surface area contributed by atoms with E-state index in [2.05, 4.69) is 11.8 Å².